The van der Waals surface area contributed by atoms with Crippen LogP contribution in [0.25, 0.3) is 21.8 Å². The molecule has 0 unspecified atom stereocenters. The Kier molecular flexibility index (Phi) is 5.68. The zero-order valence-corrected chi connectivity index (χ0v) is 18.3. The second-order valence-electron chi connectivity index (χ2n) is 8.69. The van der Waals surface area contributed by atoms with E-state index >= 15 is 0 Å². The Morgan fingerprint density at radius 2 is 1.86 bits per heavy atom. The highest BCUT2D eigenvalue weighted by Crippen LogP contribution is 2.45. The number of benzene rings is 1. The second-order valence-corrected chi connectivity index (χ2v) is 8.69. The number of pyridine rings is 1. The highest BCUT2D eigenvalue weighted by Gasteiger charge is 2.28. The van der Waals surface area contributed by atoms with Crippen LogP contribution >= 0.6 is 0 Å². The lowest BCUT2D eigenvalue weighted by atomic mass is 10.1. The van der Waals surface area contributed by atoms with Crippen LogP contribution in [0, 0.1) is 0 Å². The maximum atomic E-state index is 6.14. The lowest BCUT2D eigenvalue weighted by Gasteiger charge is -2.30. The molecule has 0 amide bonds. The number of nitrogens with zero attached hydrogens (tertiary/aromatic N) is 2. The fraction of sp³-hybridized carbons (Fsp3) is 0.542. The monoisotopic (exact) mass is 395 g/mol. The first-order chi connectivity index (χ1) is 14.0. The molecule has 0 spiro atoms. The number of fused-ring (bicyclic) bond motifs is 3. The van der Waals surface area contributed by atoms with Crippen molar-refractivity contribution in [1.82, 2.24) is 14.9 Å². The molecule has 1 aromatic carbocycles. The van der Waals surface area contributed by atoms with Gasteiger partial charge < -0.3 is 14.5 Å². The van der Waals surface area contributed by atoms with Gasteiger partial charge in [-0.1, -0.05) is 0 Å². The Hall–Kier alpha value is -2.27. The summed E-state index contributed by atoms with van der Waals surface area (Å²) in [6, 6.07) is 7.32. The molecule has 29 heavy (non-hydrogen) atoms. The molecule has 1 aliphatic carbocycles. The molecule has 3 aromatic rings. The van der Waals surface area contributed by atoms with E-state index < -0.39 is 0 Å². The lowest BCUT2D eigenvalue weighted by molar-refractivity contribution is 0.159. The number of aromatic amines is 1. The minimum Gasteiger partial charge on any atom is -0.493 e. The summed E-state index contributed by atoms with van der Waals surface area (Å²) < 4.78 is 11.8. The summed E-state index contributed by atoms with van der Waals surface area (Å²) in [5.41, 5.74) is 3.43. The van der Waals surface area contributed by atoms with E-state index in [-0.39, 0.29) is 0 Å². The molecule has 1 aliphatic rings. The van der Waals surface area contributed by atoms with Crippen LogP contribution in [0.2, 0.25) is 0 Å². The van der Waals surface area contributed by atoms with Gasteiger partial charge in [0.25, 0.3) is 0 Å². The third-order valence-corrected chi connectivity index (χ3v) is 5.93. The van der Waals surface area contributed by atoms with Gasteiger partial charge in [0.15, 0.2) is 11.5 Å². The zero-order chi connectivity index (χ0) is 20.5. The first kappa shape index (κ1) is 20.0. The van der Waals surface area contributed by atoms with Gasteiger partial charge >= 0.3 is 0 Å². The summed E-state index contributed by atoms with van der Waals surface area (Å²) in [5, 5.41) is 2.41. The summed E-state index contributed by atoms with van der Waals surface area (Å²) >= 11 is 0. The van der Waals surface area contributed by atoms with E-state index in [9.17, 15) is 0 Å². The third-order valence-electron chi connectivity index (χ3n) is 5.93. The van der Waals surface area contributed by atoms with E-state index in [1.807, 2.05) is 6.20 Å². The minimum atomic E-state index is 0.543. The largest absolute Gasteiger partial charge is 0.493 e. The summed E-state index contributed by atoms with van der Waals surface area (Å²) in [7, 11) is 1.71. The van der Waals surface area contributed by atoms with Gasteiger partial charge in [-0.05, 0) is 59.1 Å². The summed E-state index contributed by atoms with van der Waals surface area (Å²) in [6.07, 6.45) is 5.37. The van der Waals surface area contributed by atoms with Crippen molar-refractivity contribution in [2.24, 2.45) is 0 Å². The molecule has 156 valence electrons. The van der Waals surface area contributed by atoms with Gasteiger partial charge in [-0.25, -0.2) is 0 Å². The average Bonchev–Trinajstić information content (AvgIpc) is 3.47. The molecule has 2 heterocycles. The fourth-order valence-electron chi connectivity index (χ4n) is 4.36. The molecule has 0 saturated heterocycles. The van der Waals surface area contributed by atoms with Gasteiger partial charge in [0.05, 0.1) is 24.9 Å². The summed E-state index contributed by atoms with van der Waals surface area (Å²) in [4.78, 5) is 10.7. The number of rotatable bonds is 9. The van der Waals surface area contributed by atoms with Gasteiger partial charge in [-0.15, -0.1) is 0 Å². The maximum Gasteiger partial charge on any atom is 0.163 e. The zero-order valence-electron chi connectivity index (χ0n) is 18.3. The van der Waals surface area contributed by atoms with E-state index in [1.54, 1.807) is 7.11 Å². The van der Waals surface area contributed by atoms with Gasteiger partial charge in [-0.3, -0.25) is 9.88 Å². The molecule has 5 nitrogen and oxygen atoms in total. The predicted molar refractivity (Wildman–Crippen MR) is 119 cm³/mol. The van der Waals surface area contributed by atoms with Crippen molar-refractivity contribution in [3.05, 3.63) is 30.1 Å². The first-order valence-electron chi connectivity index (χ1n) is 10.9. The molecule has 1 fully saturated rings. The van der Waals surface area contributed by atoms with Gasteiger partial charge in [-0.2, -0.15) is 0 Å². The number of aromatic nitrogens is 2. The van der Waals surface area contributed by atoms with E-state index in [2.05, 4.69) is 60.8 Å². The van der Waals surface area contributed by atoms with Crippen LogP contribution in [0.5, 0.6) is 11.5 Å². The van der Waals surface area contributed by atoms with E-state index in [1.165, 1.54) is 29.3 Å². The maximum absolute atomic E-state index is 6.14. The van der Waals surface area contributed by atoms with Crippen molar-refractivity contribution < 1.29 is 9.47 Å². The molecule has 0 aliphatic heterocycles. The van der Waals surface area contributed by atoms with Gasteiger partial charge in [0.1, 0.15) is 0 Å². The average molecular weight is 396 g/mol. The Balaban J connectivity index is 1.55. The standard InChI is InChI=1S/C24H33N3O2/c1-15(2)27(16(3)4)11-6-12-29-22-14-20-18(13-21(22)28-5)23-19(26-20)9-10-25-24(23)17-7-8-17/h9-10,13-17,26H,6-8,11-12H2,1-5H3. The van der Waals surface area contributed by atoms with Crippen molar-refractivity contribution in [1.29, 1.82) is 0 Å². The molecule has 1 saturated carbocycles. The normalized spacial score (nSPS) is 14.6. The molecule has 0 bridgehead atoms. The molecule has 0 atom stereocenters. The van der Waals surface area contributed by atoms with Crippen LogP contribution in [0.1, 0.15) is 58.6 Å². The highest BCUT2D eigenvalue weighted by molar-refractivity contribution is 6.09. The second kappa shape index (κ2) is 8.23. The van der Waals surface area contributed by atoms with Crippen LogP contribution in [0.3, 0.4) is 0 Å². The molecular weight excluding hydrogens is 362 g/mol. The Morgan fingerprint density at radius 1 is 1.10 bits per heavy atom. The number of hydrogen-bond acceptors (Lipinski definition) is 4. The van der Waals surface area contributed by atoms with Crippen molar-refractivity contribution in [3.63, 3.8) is 0 Å². The smallest absolute Gasteiger partial charge is 0.163 e. The molecule has 2 aromatic heterocycles. The van der Waals surface area contributed by atoms with E-state index in [0.29, 0.717) is 24.6 Å². The number of methoxy groups -OCH3 is 1. The number of nitrogens with one attached hydrogen (secondary N) is 1. The Labute approximate surface area is 173 Å². The van der Waals surface area contributed by atoms with Gasteiger partial charge in [0, 0.05) is 53.1 Å². The minimum absolute atomic E-state index is 0.543. The third kappa shape index (κ3) is 4.06. The molecule has 1 N–H and O–H groups in total. The van der Waals surface area contributed by atoms with Crippen molar-refractivity contribution >= 4 is 21.8 Å². The van der Waals surface area contributed by atoms with E-state index in [0.717, 1.165) is 35.5 Å². The number of ether oxygens (including phenoxy) is 2. The van der Waals surface area contributed by atoms with Crippen LogP contribution < -0.4 is 9.47 Å². The summed E-state index contributed by atoms with van der Waals surface area (Å²) in [5.74, 6) is 2.19. The van der Waals surface area contributed by atoms with Gasteiger partial charge in [0.2, 0.25) is 0 Å². The molecule has 4 rings (SSSR count). The fourth-order valence-corrected chi connectivity index (χ4v) is 4.36. The first-order valence-corrected chi connectivity index (χ1v) is 10.9. The van der Waals surface area contributed by atoms with Crippen molar-refractivity contribution in [3.8, 4) is 11.5 Å². The quantitative estimate of drug-likeness (QED) is 0.487. The molecule has 5 heteroatoms. The predicted octanol–water partition coefficient (Wildman–Crippen LogP) is 5.49. The van der Waals surface area contributed by atoms with E-state index in [4.69, 9.17) is 9.47 Å². The van der Waals surface area contributed by atoms with Crippen LogP contribution in [0.4, 0.5) is 0 Å². The Bertz CT molecular complexity index is 981. The van der Waals surface area contributed by atoms with Crippen LogP contribution in [-0.2, 0) is 0 Å². The van der Waals surface area contributed by atoms with Crippen molar-refractivity contribution in [2.45, 2.75) is 65.0 Å². The van der Waals surface area contributed by atoms with Crippen LogP contribution in [-0.4, -0.2) is 47.2 Å². The van der Waals surface area contributed by atoms with Crippen LogP contribution in [0.15, 0.2) is 24.4 Å². The lowest BCUT2D eigenvalue weighted by Crippen LogP contribution is -2.38. The number of H-pyrrole nitrogens is 1. The number of hydrogen-bond donors (Lipinski definition) is 1. The highest BCUT2D eigenvalue weighted by atomic mass is 16.5. The van der Waals surface area contributed by atoms with Crippen molar-refractivity contribution in [2.75, 3.05) is 20.3 Å². The molecular formula is C24H33N3O2. The Morgan fingerprint density at radius 3 is 2.52 bits per heavy atom. The topological polar surface area (TPSA) is 50.4 Å². The SMILES string of the molecule is COc1cc2c(cc1OCCCN(C(C)C)C(C)C)[nH]c1ccnc(C3CC3)c12. The molecule has 0 radical (unpaired) electrons. The summed E-state index contributed by atoms with van der Waals surface area (Å²) in [6.45, 7) is 10.7.